The maximum Gasteiger partial charge on any atom is 0.245 e. The van der Waals surface area contributed by atoms with Crippen LogP contribution >= 0.6 is 11.8 Å². The summed E-state index contributed by atoms with van der Waals surface area (Å²) in [6.45, 7) is 3.71. The monoisotopic (exact) mass is 273 g/mol. The van der Waals surface area contributed by atoms with Crippen LogP contribution in [0.5, 0.6) is 0 Å². The van der Waals surface area contributed by atoms with Crippen molar-refractivity contribution in [2.45, 2.75) is 19.0 Å². The highest BCUT2D eigenvalue weighted by Gasteiger charge is 2.36. The van der Waals surface area contributed by atoms with Gasteiger partial charge in [0.05, 0.1) is 19.3 Å². The quantitative estimate of drug-likeness (QED) is 0.691. The second-order valence-electron chi connectivity index (χ2n) is 4.29. The van der Waals surface area contributed by atoms with Crippen LogP contribution in [0.4, 0.5) is 0 Å². The molecule has 2 heterocycles. The zero-order valence-corrected chi connectivity index (χ0v) is 11.3. The molecule has 0 aromatic carbocycles. The zero-order chi connectivity index (χ0) is 13.0. The number of hydrogen-bond acceptors (Lipinski definition) is 5. The summed E-state index contributed by atoms with van der Waals surface area (Å²) in [5.41, 5.74) is 0. The van der Waals surface area contributed by atoms with Crippen molar-refractivity contribution in [3.05, 3.63) is 0 Å². The van der Waals surface area contributed by atoms with E-state index in [0.29, 0.717) is 19.7 Å². The Bertz CT molecular complexity index is 321. The number of thioether (sulfide) groups is 1. The fourth-order valence-corrected chi connectivity index (χ4v) is 3.06. The molecular formula is C11H19N3O3S. The fourth-order valence-electron chi connectivity index (χ4n) is 2.13. The van der Waals surface area contributed by atoms with Gasteiger partial charge in [0.2, 0.25) is 11.8 Å². The molecule has 2 amide bonds. The first-order valence-electron chi connectivity index (χ1n) is 6.21. The number of carbonyl (C=O) groups excluding carboxylic acids is 2. The molecule has 2 rings (SSSR count). The molecule has 102 valence electrons. The van der Waals surface area contributed by atoms with Crippen LogP contribution in [0.1, 0.15) is 6.92 Å². The summed E-state index contributed by atoms with van der Waals surface area (Å²) < 4.78 is 5.31. The number of nitrogens with zero attached hydrogens (tertiary/aromatic N) is 1. The third-order valence-corrected chi connectivity index (χ3v) is 4.02. The van der Waals surface area contributed by atoms with Crippen LogP contribution < -0.4 is 10.6 Å². The minimum absolute atomic E-state index is 0.0135. The summed E-state index contributed by atoms with van der Waals surface area (Å²) in [6, 6.07) is -0.649. The summed E-state index contributed by atoms with van der Waals surface area (Å²) in [5, 5.41) is 5.90. The number of carbonyl (C=O) groups is 2. The molecule has 2 saturated heterocycles. The maximum absolute atomic E-state index is 12.3. The molecule has 0 radical (unpaired) electrons. The lowest BCUT2D eigenvalue weighted by atomic mass is 10.1. The third kappa shape index (κ3) is 2.96. The largest absolute Gasteiger partial charge is 0.377 e. The van der Waals surface area contributed by atoms with E-state index in [2.05, 4.69) is 10.6 Å². The van der Waals surface area contributed by atoms with Crippen molar-refractivity contribution < 1.29 is 14.3 Å². The van der Waals surface area contributed by atoms with Gasteiger partial charge in [0.25, 0.3) is 0 Å². The average molecular weight is 273 g/mol. The number of amides is 2. The molecule has 2 aliphatic heterocycles. The third-order valence-electron chi connectivity index (χ3n) is 3.08. The highest BCUT2D eigenvalue weighted by molar-refractivity contribution is 7.99. The SMILES string of the molecule is CCNC(=O)C1COCCN1C(=O)C1CSCN1. The number of morpholine rings is 1. The number of hydrogen-bond donors (Lipinski definition) is 2. The molecule has 0 bridgehead atoms. The smallest absolute Gasteiger partial charge is 0.245 e. The lowest BCUT2D eigenvalue weighted by molar-refractivity contribution is -0.149. The van der Waals surface area contributed by atoms with Crippen LogP contribution in [0.15, 0.2) is 0 Å². The minimum atomic E-state index is -0.487. The Morgan fingerprint density at radius 1 is 1.56 bits per heavy atom. The standard InChI is InChI=1S/C11H19N3O3S/c1-2-12-10(15)9-5-17-4-3-14(9)11(16)8-6-18-7-13-8/h8-9,13H,2-7H2,1H3,(H,12,15). The van der Waals surface area contributed by atoms with Crippen LogP contribution in [0, 0.1) is 0 Å². The molecule has 0 spiro atoms. The number of nitrogens with one attached hydrogen (secondary N) is 2. The van der Waals surface area contributed by atoms with Crippen molar-refractivity contribution in [2.24, 2.45) is 0 Å². The minimum Gasteiger partial charge on any atom is -0.377 e. The van der Waals surface area contributed by atoms with Crippen LogP contribution in [0.3, 0.4) is 0 Å². The van der Waals surface area contributed by atoms with Gasteiger partial charge in [-0.3, -0.25) is 14.9 Å². The molecule has 0 aromatic heterocycles. The van der Waals surface area contributed by atoms with Crippen LogP contribution in [0.2, 0.25) is 0 Å². The Kier molecular flexibility index (Phi) is 4.85. The Morgan fingerprint density at radius 3 is 3.06 bits per heavy atom. The molecule has 0 aromatic rings. The van der Waals surface area contributed by atoms with Crippen LogP contribution in [-0.2, 0) is 14.3 Å². The van der Waals surface area contributed by atoms with E-state index < -0.39 is 6.04 Å². The molecule has 2 aliphatic rings. The molecule has 0 aliphatic carbocycles. The van der Waals surface area contributed by atoms with Gasteiger partial charge >= 0.3 is 0 Å². The van der Waals surface area contributed by atoms with Gasteiger partial charge in [-0.2, -0.15) is 0 Å². The summed E-state index contributed by atoms with van der Waals surface area (Å²) in [6.07, 6.45) is 0. The van der Waals surface area contributed by atoms with Crippen LogP contribution in [0.25, 0.3) is 0 Å². The molecular weight excluding hydrogens is 254 g/mol. The van der Waals surface area contributed by atoms with E-state index >= 15 is 0 Å². The predicted molar refractivity (Wildman–Crippen MR) is 69.3 cm³/mol. The van der Waals surface area contributed by atoms with E-state index in [1.807, 2.05) is 6.92 Å². The van der Waals surface area contributed by atoms with Crippen molar-refractivity contribution in [3.63, 3.8) is 0 Å². The van der Waals surface area contributed by atoms with Crippen molar-refractivity contribution >= 4 is 23.6 Å². The normalized spacial score (nSPS) is 28.2. The molecule has 2 atom stereocenters. The van der Waals surface area contributed by atoms with Gasteiger partial charge in [-0.15, -0.1) is 11.8 Å². The average Bonchev–Trinajstić information content (AvgIpc) is 2.92. The Hall–Kier alpha value is -0.790. The Morgan fingerprint density at radius 2 is 2.39 bits per heavy atom. The molecule has 7 heteroatoms. The van der Waals surface area contributed by atoms with Crippen molar-refractivity contribution in [1.82, 2.24) is 15.5 Å². The van der Waals surface area contributed by atoms with E-state index in [9.17, 15) is 9.59 Å². The Labute approximate surface area is 111 Å². The summed E-state index contributed by atoms with van der Waals surface area (Å²) in [5.74, 6) is 1.46. The molecule has 2 N–H and O–H groups in total. The second-order valence-corrected chi connectivity index (χ2v) is 5.32. The van der Waals surface area contributed by atoms with Crippen LogP contribution in [-0.4, -0.2) is 66.7 Å². The molecule has 0 saturated carbocycles. The number of rotatable bonds is 3. The highest BCUT2D eigenvalue weighted by Crippen LogP contribution is 2.15. The first-order chi connectivity index (χ1) is 8.74. The Balaban J connectivity index is 2.02. The molecule has 2 unspecified atom stereocenters. The second kappa shape index (κ2) is 6.40. The number of ether oxygens (including phenoxy) is 1. The number of likely N-dealkylation sites (N-methyl/N-ethyl adjacent to an activating group) is 1. The lowest BCUT2D eigenvalue weighted by Crippen LogP contribution is -2.59. The molecule has 2 fully saturated rings. The van der Waals surface area contributed by atoms with Crippen molar-refractivity contribution in [2.75, 3.05) is 37.9 Å². The van der Waals surface area contributed by atoms with E-state index in [4.69, 9.17) is 4.74 Å². The van der Waals surface area contributed by atoms with Crippen molar-refractivity contribution in [1.29, 1.82) is 0 Å². The lowest BCUT2D eigenvalue weighted by Gasteiger charge is -2.35. The van der Waals surface area contributed by atoms with Gasteiger partial charge in [-0.05, 0) is 6.92 Å². The highest BCUT2D eigenvalue weighted by atomic mass is 32.2. The molecule has 6 nitrogen and oxygen atoms in total. The first-order valence-corrected chi connectivity index (χ1v) is 7.36. The summed E-state index contributed by atoms with van der Waals surface area (Å²) in [4.78, 5) is 25.9. The van der Waals surface area contributed by atoms with E-state index in [-0.39, 0.29) is 24.5 Å². The zero-order valence-electron chi connectivity index (χ0n) is 10.5. The first kappa shape index (κ1) is 13.6. The van der Waals surface area contributed by atoms with Gasteiger partial charge in [0.15, 0.2) is 0 Å². The van der Waals surface area contributed by atoms with E-state index in [1.165, 1.54) is 0 Å². The van der Waals surface area contributed by atoms with Gasteiger partial charge in [-0.25, -0.2) is 0 Å². The topological polar surface area (TPSA) is 70.7 Å². The summed E-state index contributed by atoms with van der Waals surface area (Å²) >= 11 is 1.70. The fraction of sp³-hybridized carbons (Fsp3) is 0.818. The van der Waals surface area contributed by atoms with E-state index in [1.54, 1.807) is 16.7 Å². The summed E-state index contributed by atoms with van der Waals surface area (Å²) in [7, 11) is 0. The van der Waals surface area contributed by atoms with Gasteiger partial charge in [-0.1, -0.05) is 0 Å². The predicted octanol–water partition coefficient (Wildman–Crippen LogP) is -0.988. The van der Waals surface area contributed by atoms with E-state index in [0.717, 1.165) is 11.6 Å². The van der Waals surface area contributed by atoms with Gasteiger partial charge in [0, 0.05) is 24.7 Å². The van der Waals surface area contributed by atoms with Gasteiger partial charge in [0.1, 0.15) is 6.04 Å². The molecule has 18 heavy (non-hydrogen) atoms. The van der Waals surface area contributed by atoms with Crippen molar-refractivity contribution in [3.8, 4) is 0 Å². The van der Waals surface area contributed by atoms with Gasteiger partial charge < -0.3 is 15.0 Å². The maximum atomic E-state index is 12.3.